The molecule has 0 atom stereocenters. The molecule has 0 unspecified atom stereocenters. The molecule has 0 aliphatic rings. The Morgan fingerprint density at radius 1 is 1.20 bits per heavy atom. The summed E-state index contributed by atoms with van der Waals surface area (Å²) < 4.78 is 4.93. The molecule has 0 bridgehead atoms. The standard InChI is InChI=1S/C11H13NO4.2C2H6/c1-2-3-10(13)16-9-5-4-7(12)6-8(9)11(14)15;2*1-2/h4-6H,2-3,12H2,1H3,(H,14,15);2*1-2H3. The van der Waals surface area contributed by atoms with Crippen LogP contribution in [-0.4, -0.2) is 17.0 Å². The molecule has 0 saturated heterocycles. The molecule has 0 heterocycles. The van der Waals surface area contributed by atoms with Crippen molar-refractivity contribution < 1.29 is 19.4 Å². The van der Waals surface area contributed by atoms with Crippen molar-refractivity contribution in [1.29, 1.82) is 0 Å². The molecule has 0 amide bonds. The lowest BCUT2D eigenvalue weighted by molar-refractivity contribution is -0.134. The summed E-state index contributed by atoms with van der Waals surface area (Å²) in [6.45, 7) is 9.84. The molecule has 5 nitrogen and oxygen atoms in total. The quantitative estimate of drug-likeness (QED) is 0.499. The third-order valence-corrected chi connectivity index (χ3v) is 1.91. The highest BCUT2D eigenvalue weighted by Crippen LogP contribution is 2.21. The van der Waals surface area contributed by atoms with Crippen LogP contribution in [0.2, 0.25) is 0 Å². The lowest BCUT2D eigenvalue weighted by atomic mass is 10.2. The highest BCUT2D eigenvalue weighted by molar-refractivity contribution is 5.93. The van der Waals surface area contributed by atoms with E-state index in [-0.39, 0.29) is 17.7 Å². The van der Waals surface area contributed by atoms with E-state index in [1.807, 2.05) is 34.6 Å². The SMILES string of the molecule is CC.CC.CCCC(=O)Oc1ccc(N)cc1C(=O)O. The van der Waals surface area contributed by atoms with Gasteiger partial charge in [0.1, 0.15) is 11.3 Å². The highest BCUT2D eigenvalue weighted by Gasteiger charge is 2.14. The van der Waals surface area contributed by atoms with Gasteiger partial charge in [-0.25, -0.2) is 4.79 Å². The Morgan fingerprint density at radius 2 is 1.75 bits per heavy atom. The number of carbonyl (C=O) groups excluding carboxylic acids is 1. The van der Waals surface area contributed by atoms with Crippen molar-refractivity contribution in [2.45, 2.75) is 47.5 Å². The van der Waals surface area contributed by atoms with Gasteiger partial charge in [0, 0.05) is 12.1 Å². The lowest BCUT2D eigenvalue weighted by Crippen LogP contribution is -2.10. The van der Waals surface area contributed by atoms with E-state index in [4.69, 9.17) is 15.6 Å². The molecule has 5 heteroatoms. The van der Waals surface area contributed by atoms with Gasteiger partial charge in [0.05, 0.1) is 0 Å². The second kappa shape index (κ2) is 12.0. The number of hydrogen-bond acceptors (Lipinski definition) is 4. The number of carboxylic acids is 1. The van der Waals surface area contributed by atoms with Crippen LogP contribution in [0, 0.1) is 0 Å². The number of nitrogen functional groups attached to an aromatic ring is 1. The second-order valence-corrected chi connectivity index (χ2v) is 3.28. The summed E-state index contributed by atoms with van der Waals surface area (Å²) in [5, 5.41) is 8.89. The third kappa shape index (κ3) is 7.41. The fourth-order valence-electron chi connectivity index (χ4n) is 1.18. The van der Waals surface area contributed by atoms with Crippen LogP contribution in [0.1, 0.15) is 57.8 Å². The molecule has 0 saturated carbocycles. The van der Waals surface area contributed by atoms with Crippen LogP contribution in [0.15, 0.2) is 18.2 Å². The number of aromatic carboxylic acids is 1. The van der Waals surface area contributed by atoms with E-state index in [1.54, 1.807) is 0 Å². The normalized spacial score (nSPS) is 8.45. The minimum Gasteiger partial charge on any atom is -0.478 e. The van der Waals surface area contributed by atoms with Crippen LogP contribution < -0.4 is 10.5 Å². The molecular weight excluding hydrogens is 258 g/mol. The van der Waals surface area contributed by atoms with Crippen molar-refractivity contribution in [3.05, 3.63) is 23.8 Å². The van der Waals surface area contributed by atoms with Gasteiger partial charge in [0.2, 0.25) is 0 Å². The molecule has 0 aliphatic heterocycles. The molecule has 114 valence electrons. The lowest BCUT2D eigenvalue weighted by Gasteiger charge is -2.07. The first-order valence-electron chi connectivity index (χ1n) is 6.88. The second-order valence-electron chi connectivity index (χ2n) is 3.28. The van der Waals surface area contributed by atoms with Gasteiger partial charge in [0.15, 0.2) is 0 Å². The minimum absolute atomic E-state index is 0.0279. The average molecular weight is 283 g/mol. The van der Waals surface area contributed by atoms with E-state index < -0.39 is 11.9 Å². The smallest absolute Gasteiger partial charge is 0.339 e. The van der Waals surface area contributed by atoms with Gasteiger partial charge in [-0.2, -0.15) is 0 Å². The van der Waals surface area contributed by atoms with Crippen molar-refractivity contribution in [1.82, 2.24) is 0 Å². The number of benzene rings is 1. The van der Waals surface area contributed by atoms with Crippen molar-refractivity contribution in [3.63, 3.8) is 0 Å². The zero-order chi connectivity index (χ0) is 16.1. The predicted molar refractivity (Wildman–Crippen MR) is 81.1 cm³/mol. The van der Waals surface area contributed by atoms with Crippen LogP contribution in [0.3, 0.4) is 0 Å². The highest BCUT2D eigenvalue weighted by atomic mass is 16.5. The van der Waals surface area contributed by atoms with Crippen LogP contribution >= 0.6 is 0 Å². The molecule has 0 aliphatic carbocycles. The fourth-order valence-corrected chi connectivity index (χ4v) is 1.18. The molecular formula is C15H25NO4. The largest absolute Gasteiger partial charge is 0.478 e. The summed E-state index contributed by atoms with van der Waals surface area (Å²) in [5.74, 6) is -1.60. The topological polar surface area (TPSA) is 89.6 Å². The fraction of sp³-hybridized carbons (Fsp3) is 0.467. The zero-order valence-electron chi connectivity index (χ0n) is 12.9. The molecule has 20 heavy (non-hydrogen) atoms. The summed E-state index contributed by atoms with van der Waals surface area (Å²) >= 11 is 0. The van der Waals surface area contributed by atoms with Gasteiger partial charge >= 0.3 is 11.9 Å². The van der Waals surface area contributed by atoms with Crippen LogP contribution in [0.4, 0.5) is 5.69 Å². The minimum atomic E-state index is -1.17. The van der Waals surface area contributed by atoms with E-state index in [0.717, 1.165) is 0 Å². The van der Waals surface area contributed by atoms with Gasteiger partial charge in [0.25, 0.3) is 0 Å². The maximum Gasteiger partial charge on any atom is 0.339 e. The Bertz CT molecular complexity index is 416. The van der Waals surface area contributed by atoms with E-state index in [0.29, 0.717) is 12.1 Å². The van der Waals surface area contributed by atoms with Crippen molar-refractivity contribution in [3.8, 4) is 5.75 Å². The molecule has 1 aromatic rings. The summed E-state index contributed by atoms with van der Waals surface area (Å²) in [6, 6.07) is 4.13. The predicted octanol–water partition coefficient (Wildman–Crippen LogP) is 3.72. The zero-order valence-corrected chi connectivity index (χ0v) is 12.9. The van der Waals surface area contributed by atoms with Gasteiger partial charge in [-0.15, -0.1) is 0 Å². The number of hydrogen-bond donors (Lipinski definition) is 2. The third-order valence-electron chi connectivity index (χ3n) is 1.91. The number of carbonyl (C=O) groups is 2. The Labute approximate surface area is 120 Å². The van der Waals surface area contributed by atoms with Crippen molar-refractivity contribution in [2.24, 2.45) is 0 Å². The van der Waals surface area contributed by atoms with Gasteiger partial charge in [-0.05, 0) is 24.6 Å². The summed E-state index contributed by atoms with van der Waals surface area (Å²) in [5.41, 5.74) is 5.66. The number of carboxylic acid groups (broad SMARTS) is 1. The number of anilines is 1. The molecule has 0 radical (unpaired) electrons. The number of esters is 1. The van der Waals surface area contributed by atoms with Gasteiger partial charge in [-0.3, -0.25) is 4.79 Å². The first kappa shape index (κ1) is 20.3. The van der Waals surface area contributed by atoms with Gasteiger partial charge in [-0.1, -0.05) is 34.6 Å². The first-order valence-corrected chi connectivity index (χ1v) is 6.88. The summed E-state index contributed by atoms with van der Waals surface area (Å²) in [4.78, 5) is 22.1. The molecule has 1 aromatic carbocycles. The number of ether oxygens (including phenoxy) is 1. The van der Waals surface area contributed by atoms with E-state index in [1.165, 1.54) is 18.2 Å². The Morgan fingerprint density at radius 3 is 2.20 bits per heavy atom. The molecule has 1 rings (SSSR count). The maximum atomic E-state index is 11.2. The molecule has 3 N–H and O–H groups in total. The number of rotatable bonds is 4. The van der Waals surface area contributed by atoms with E-state index in [9.17, 15) is 9.59 Å². The maximum absolute atomic E-state index is 11.2. The van der Waals surface area contributed by atoms with Crippen LogP contribution in [-0.2, 0) is 4.79 Å². The van der Waals surface area contributed by atoms with Gasteiger partial charge < -0.3 is 15.6 Å². The average Bonchev–Trinajstić information content (AvgIpc) is 2.45. The summed E-state index contributed by atoms with van der Waals surface area (Å²) in [7, 11) is 0. The molecule has 0 fully saturated rings. The number of nitrogens with two attached hydrogens (primary N) is 1. The summed E-state index contributed by atoms with van der Waals surface area (Å²) in [6.07, 6.45) is 0.902. The van der Waals surface area contributed by atoms with Crippen molar-refractivity contribution in [2.75, 3.05) is 5.73 Å². The monoisotopic (exact) mass is 283 g/mol. The van der Waals surface area contributed by atoms with E-state index in [2.05, 4.69) is 0 Å². The van der Waals surface area contributed by atoms with Crippen LogP contribution in [0.25, 0.3) is 0 Å². The molecule has 0 spiro atoms. The first-order chi connectivity index (χ1) is 9.54. The van der Waals surface area contributed by atoms with Crippen molar-refractivity contribution >= 4 is 17.6 Å². The van der Waals surface area contributed by atoms with Crippen LogP contribution in [0.5, 0.6) is 5.75 Å². The molecule has 0 aromatic heterocycles. The Kier molecular flexibility index (Phi) is 12.2. The Balaban J connectivity index is 0. The Hall–Kier alpha value is -2.04. The van der Waals surface area contributed by atoms with E-state index >= 15 is 0 Å².